The molecule has 1 aromatic heterocycles. The number of hydrogen-bond acceptors (Lipinski definition) is 5. The van der Waals surface area contributed by atoms with Crippen molar-refractivity contribution >= 4 is 5.91 Å². The summed E-state index contributed by atoms with van der Waals surface area (Å²) in [4.78, 5) is 21.5. The number of carbonyl (C=O) groups is 1. The summed E-state index contributed by atoms with van der Waals surface area (Å²) in [5.74, 6) is 2.35. The van der Waals surface area contributed by atoms with Crippen LogP contribution < -0.4 is 0 Å². The van der Waals surface area contributed by atoms with Gasteiger partial charge in [0.15, 0.2) is 5.82 Å². The molecule has 1 amide bonds. The zero-order chi connectivity index (χ0) is 20.3. The number of likely N-dealkylation sites (tertiary alicyclic amines) is 2. The molecule has 2 fully saturated rings. The highest BCUT2D eigenvalue weighted by atomic mass is 16.5. The molecule has 0 aliphatic carbocycles. The number of benzene rings is 1. The van der Waals surface area contributed by atoms with Gasteiger partial charge in [-0.15, -0.1) is 0 Å². The monoisotopic (exact) mass is 396 g/mol. The van der Waals surface area contributed by atoms with Crippen molar-refractivity contribution in [3.05, 3.63) is 47.6 Å². The standard InChI is InChI=1S/C23H32N4O2/c1-18(2)14-21-24-20(25-29-21)16-26-12-10-23(11-13-26)9-8-22(28)27(17-23)15-19-6-4-3-5-7-19/h3-7,18H,8-17H2,1-2H3. The van der Waals surface area contributed by atoms with Crippen LogP contribution in [0.25, 0.3) is 0 Å². The molecule has 2 aliphatic heterocycles. The Kier molecular flexibility index (Phi) is 5.99. The van der Waals surface area contributed by atoms with Gasteiger partial charge in [-0.3, -0.25) is 9.69 Å². The van der Waals surface area contributed by atoms with Crippen LogP contribution in [0.4, 0.5) is 0 Å². The fourth-order valence-electron chi connectivity index (χ4n) is 4.63. The first-order valence-electron chi connectivity index (χ1n) is 10.9. The molecule has 2 aromatic rings. The molecule has 4 rings (SSSR count). The molecule has 0 N–H and O–H groups in total. The van der Waals surface area contributed by atoms with E-state index in [1.807, 2.05) is 18.2 Å². The summed E-state index contributed by atoms with van der Waals surface area (Å²) in [5.41, 5.74) is 1.48. The molecular formula is C23H32N4O2. The van der Waals surface area contributed by atoms with Crippen molar-refractivity contribution in [3.63, 3.8) is 0 Å². The lowest BCUT2D eigenvalue weighted by Crippen LogP contribution is -2.51. The first kappa shape index (κ1) is 20.1. The van der Waals surface area contributed by atoms with Crippen molar-refractivity contribution in [2.75, 3.05) is 19.6 Å². The number of carbonyl (C=O) groups excluding carboxylic acids is 1. The highest BCUT2D eigenvalue weighted by Gasteiger charge is 2.41. The van der Waals surface area contributed by atoms with Gasteiger partial charge in [-0.25, -0.2) is 0 Å². The highest BCUT2D eigenvalue weighted by Crippen LogP contribution is 2.40. The molecule has 0 unspecified atom stereocenters. The molecule has 0 radical (unpaired) electrons. The molecule has 2 saturated heterocycles. The Labute approximate surface area is 173 Å². The van der Waals surface area contributed by atoms with Crippen LogP contribution in [0.2, 0.25) is 0 Å². The van der Waals surface area contributed by atoms with E-state index in [1.54, 1.807) is 0 Å². The maximum atomic E-state index is 12.5. The minimum Gasteiger partial charge on any atom is -0.339 e. The van der Waals surface area contributed by atoms with E-state index >= 15 is 0 Å². The maximum Gasteiger partial charge on any atom is 0.226 e. The number of rotatable bonds is 6. The minimum absolute atomic E-state index is 0.263. The topological polar surface area (TPSA) is 62.5 Å². The average Bonchev–Trinajstić information content (AvgIpc) is 3.14. The molecule has 3 heterocycles. The SMILES string of the molecule is CC(C)Cc1nc(CN2CCC3(CCC(=O)N(Cc4ccccc4)C3)CC2)no1. The van der Waals surface area contributed by atoms with E-state index in [-0.39, 0.29) is 5.41 Å². The number of piperidine rings is 2. The summed E-state index contributed by atoms with van der Waals surface area (Å²) >= 11 is 0. The lowest BCUT2D eigenvalue weighted by atomic mass is 9.72. The second kappa shape index (κ2) is 8.66. The van der Waals surface area contributed by atoms with Gasteiger partial charge in [0.05, 0.1) is 6.54 Å². The van der Waals surface area contributed by atoms with Crippen molar-refractivity contribution in [3.8, 4) is 0 Å². The van der Waals surface area contributed by atoms with Crippen LogP contribution >= 0.6 is 0 Å². The third-order valence-corrected chi connectivity index (χ3v) is 6.34. The van der Waals surface area contributed by atoms with Gasteiger partial charge in [0, 0.05) is 25.9 Å². The fourth-order valence-corrected chi connectivity index (χ4v) is 4.63. The van der Waals surface area contributed by atoms with Gasteiger partial charge in [-0.2, -0.15) is 4.98 Å². The van der Waals surface area contributed by atoms with E-state index in [0.29, 0.717) is 18.2 Å². The third kappa shape index (κ3) is 5.04. The first-order chi connectivity index (χ1) is 14.0. The summed E-state index contributed by atoms with van der Waals surface area (Å²) in [6.45, 7) is 8.74. The van der Waals surface area contributed by atoms with Crippen LogP contribution in [0.3, 0.4) is 0 Å². The van der Waals surface area contributed by atoms with Crippen LogP contribution in [0.1, 0.15) is 56.8 Å². The zero-order valence-corrected chi connectivity index (χ0v) is 17.6. The summed E-state index contributed by atoms with van der Waals surface area (Å²) in [6, 6.07) is 10.3. The minimum atomic E-state index is 0.263. The highest BCUT2D eigenvalue weighted by molar-refractivity contribution is 5.77. The summed E-state index contributed by atoms with van der Waals surface area (Å²) in [6.07, 6.45) is 4.79. The predicted molar refractivity (Wildman–Crippen MR) is 111 cm³/mol. The second-order valence-electron chi connectivity index (χ2n) is 9.21. The maximum absolute atomic E-state index is 12.5. The van der Waals surface area contributed by atoms with Crippen molar-refractivity contribution in [2.24, 2.45) is 11.3 Å². The Morgan fingerprint density at radius 3 is 2.59 bits per heavy atom. The van der Waals surface area contributed by atoms with E-state index in [1.165, 1.54) is 5.56 Å². The normalized spacial score (nSPS) is 20.0. The van der Waals surface area contributed by atoms with Crippen LogP contribution in [-0.4, -0.2) is 45.5 Å². The number of hydrogen-bond donors (Lipinski definition) is 0. The van der Waals surface area contributed by atoms with Crippen molar-refractivity contribution in [2.45, 2.75) is 59.0 Å². The zero-order valence-electron chi connectivity index (χ0n) is 17.6. The molecule has 6 heteroatoms. The third-order valence-electron chi connectivity index (χ3n) is 6.34. The number of aromatic nitrogens is 2. The van der Waals surface area contributed by atoms with Crippen LogP contribution in [0, 0.1) is 11.3 Å². The summed E-state index contributed by atoms with van der Waals surface area (Å²) in [7, 11) is 0. The molecule has 2 aliphatic rings. The summed E-state index contributed by atoms with van der Waals surface area (Å²) < 4.78 is 5.38. The fraction of sp³-hybridized carbons (Fsp3) is 0.609. The van der Waals surface area contributed by atoms with E-state index in [9.17, 15) is 4.79 Å². The van der Waals surface area contributed by atoms with E-state index in [4.69, 9.17) is 4.52 Å². The van der Waals surface area contributed by atoms with Gasteiger partial charge in [0.2, 0.25) is 11.8 Å². The van der Waals surface area contributed by atoms with Gasteiger partial charge >= 0.3 is 0 Å². The number of amides is 1. The van der Waals surface area contributed by atoms with Gasteiger partial charge < -0.3 is 9.42 Å². The Morgan fingerprint density at radius 2 is 1.86 bits per heavy atom. The van der Waals surface area contributed by atoms with Crippen LogP contribution in [-0.2, 0) is 24.3 Å². The quantitative estimate of drug-likeness (QED) is 0.745. The molecule has 1 aromatic carbocycles. The molecule has 0 saturated carbocycles. The van der Waals surface area contributed by atoms with E-state index in [0.717, 1.165) is 70.1 Å². The average molecular weight is 397 g/mol. The van der Waals surface area contributed by atoms with E-state index < -0.39 is 0 Å². The predicted octanol–water partition coefficient (Wildman–Crippen LogP) is 3.67. The second-order valence-corrected chi connectivity index (χ2v) is 9.21. The lowest BCUT2D eigenvalue weighted by molar-refractivity contribution is -0.140. The number of nitrogens with zero attached hydrogens (tertiary/aromatic N) is 4. The molecule has 156 valence electrons. The van der Waals surface area contributed by atoms with Gasteiger partial charge in [0.1, 0.15) is 0 Å². The van der Waals surface area contributed by atoms with Crippen molar-refractivity contribution < 1.29 is 9.32 Å². The molecule has 0 bridgehead atoms. The Morgan fingerprint density at radius 1 is 1.10 bits per heavy atom. The van der Waals surface area contributed by atoms with E-state index in [2.05, 4.69) is 45.9 Å². The molecule has 0 atom stereocenters. The van der Waals surface area contributed by atoms with Gasteiger partial charge in [0.25, 0.3) is 0 Å². The molecule has 6 nitrogen and oxygen atoms in total. The first-order valence-corrected chi connectivity index (χ1v) is 10.9. The van der Waals surface area contributed by atoms with Crippen molar-refractivity contribution in [1.29, 1.82) is 0 Å². The van der Waals surface area contributed by atoms with Crippen LogP contribution in [0.15, 0.2) is 34.9 Å². The summed E-state index contributed by atoms with van der Waals surface area (Å²) in [5, 5.41) is 4.16. The molecule has 29 heavy (non-hydrogen) atoms. The lowest BCUT2D eigenvalue weighted by Gasteiger charge is -2.47. The molecular weight excluding hydrogens is 364 g/mol. The van der Waals surface area contributed by atoms with Gasteiger partial charge in [-0.1, -0.05) is 49.3 Å². The van der Waals surface area contributed by atoms with Crippen molar-refractivity contribution in [1.82, 2.24) is 19.9 Å². The Bertz CT molecular complexity index is 809. The smallest absolute Gasteiger partial charge is 0.226 e. The Hall–Kier alpha value is -2.21. The largest absolute Gasteiger partial charge is 0.339 e. The Balaban J connectivity index is 1.32. The van der Waals surface area contributed by atoms with Crippen LogP contribution in [0.5, 0.6) is 0 Å². The molecule has 1 spiro atoms. The van der Waals surface area contributed by atoms with Gasteiger partial charge in [-0.05, 0) is 49.2 Å².